The van der Waals surface area contributed by atoms with Crippen molar-refractivity contribution in [3.8, 4) is 5.75 Å². The third-order valence-electron chi connectivity index (χ3n) is 5.89. The first-order valence-electron chi connectivity index (χ1n) is 9.90. The number of rotatable bonds is 4. The summed E-state index contributed by atoms with van der Waals surface area (Å²) in [4.78, 5) is 22.3. The van der Waals surface area contributed by atoms with Gasteiger partial charge in [0.25, 0.3) is 5.56 Å². The molecule has 0 bridgehead atoms. The molecule has 0 unspecified atom stereocenters. The van der Waals surface area contributed by atoms with Crippen LogP contribution in [0.2, 0.25) is 0 Å². The predicted molar refractivity (Wildman–Crippen MR) is 110 cm³/mol. The Morgan fingerprint density at radius 2 is 1.71 bits per heavy atom. The van der Waals surface area contributed by atoms with Crippen LogP contribution in [0.3, 0.4) is 0 Å². The van der Waals surface area contributed by atoms with Gasteiger partial charge in [-0.2, -0.15) is 0 Å². The van der Waals surface area contributed by atoms with Crippen molar-refractivity contribution in [1.82, 2.24) is 19.2 Å². The van der Waals surface area contributed by atoms with Crippen molar-refractivity contribution in [2.45, 2.75) is 32.4 Å². The molecule has 2 aromatic heterocycles. The average molecular weight is 397 g/mol. The fraction of sp³-hybridized carbons (Fsp3) is 0.429. The van der Waals surface area contributed by atoms with E-state index in [9.17, 15) is 9.90 Å². The number of aromatic hydroxyl groups is 1. The SMILES string of the molecule is O=c1cc(CN2CCN(Cc3cc4c(cc3O)CCC4)CC2)nc2sccn12. The van der Waals surface area contributed by atoms with Gasteiger partial charge < -0.3 is 5.11 Å². The summed E-state index contributed by atoms with van der Waals surface area (Å²) in [6.07, 6.45) is 5.20. The van der Waals surface area contributed by atoms with Crippen LogP contribution in [-0.4, -0.2) is 50.5 Å². The van der Waals surface area contributed by atoms with Crippen molar-refractivity contribution in [2.75, 3.05) is 26.2 Å². The van der Waals surface area contributed by atoms with Gasteiger partial charge >= 0.3 is 0 Å². The highest BCUT2D eigenvalue weighted by molar-refractivity contribution is 7.15. The topological polar surface area (TPSA) is 61.1 Å². The molecule has 1 aromatic carbocycles. The Hall–Kier alpha value is -2.22. The molecular weight excluding hydrogens is 372 g/mol. The number of aryl methyl sites for hydroxylation is 2. The second-order valence-electron chi connectivity index (χ2n) is 7.80. The lowest BCUT2D eigenvalue weighted by molar-refractivity contribution is 0.120. The molecule has 0 radical (unpaired) electrons. The van der Waals surface area contributed by atoms with Crippen LogP contribution in [-0.2, 0) is 25.9 Å². The molecule has 146 valence electrons. The lowest BCUT2D eigenvalue weighted by Gasteiger charge is -2.34. The molecule has 6 nitrogen and oxygen atoms in total. The van der Waals surface area contributed by atoms with Gasteiger partial charge in [-0.15, -0.1) is 11.3 Å². The quantitative estimate of drug-likeness (QED) is 0.733. The van der Waals surface area contributed by atoms with Crippen LogP contribution < -0.4 is 5.56 Å². The predicted octanol–water partition coefficient (Wildman–Crippen LogP) is 2.27. The Bertz CT molecular complexity index is 1070. The number of piperazine rings is 1. The summed E-state index contributed by atoms with van der Waals surface area (Å²) in [5, 5.41) is 12.3. The monoisotopic (exact) mass is 396 g/mol. The maximum atomic E-state index is 12.1. The Morgan fingerprint density at radius 3 is 2.50 bits per heavy atom. The van der Waals surface area contributed by atoms with E-state index in [1.165, 1.54) is 28.9 Å². The number of phenols is 1. The third-order valence-corrected chi connectivity index (χ3v) is 6.65. The maximum Gasteiger partial charge on any atom is 0.258 e. The number of thiazole rings is 1. The number of aromatic nitrogens is 2. The summed E-state index contributed by atoms with van der Waals surface area (Å²) in [5.41, 5.74) is 4.61. The molecule has 1 aliphatic carbocycles. The van der Waals surface area contributed by atoms with E-state index in [2.05, 4.69) is 20.9 Å². The van der Waals surface area contributed by atoms with Crippen LogP contribution in [0, 0.1) is 0 Å². The van der Waals surface area contributed by atoms with Gasteiger partial charge in [0.2, 0.25) is 0 Å². The summed E-state index contributed by atoms with van der Waals surface area (Å²) in [5.74, 6) is 0.442. The van der Waals surface area contributed by atoms with Crippen molar-refractivity contribution >= 4 is 16.3 Å². The highest BCUT2D eigenvalue weighted by Crippen LogP contribution is 2.30. The number of benzene rings is 1. The summed E-state index contributed by atoms with van der Waals surface area (Å²) in [6, 6.07) is 5.82. The van der Waals surface area contributed by atoms with E-state index < -0.39 is 0 Å². The minimum absolute atomic E-state index is 0.00743. The average Bonchev–Trinajstić information content (AvgIpc) is 3.33. The van der Waals surface area contributed by atoms with Crippen LogP contribution in [0.1, 0.15) is 28.8 Å². The van der Waals surface area contributed by atoms with Gasteiger partial charge in [0, 0.05) is 62.5 Å². The lowest BCUT2D eigenvalue weighted by atomic mass is 10.0. The fourth-order valence-corrected chi connectivity index (χ4v) is 5.07. The first-order valence-corrected chi connectivity index (χ1v) is 10.8. The van der Waals surface area contributed by atoms with Crippen molar-refractivity contribution < 1.29 is 5.11 Å². The Balaban J connectivity index is 1.21. The molecule has 0 amide bonds. The zero-order chi connectivity index (χ0) is 19.1. The number of nitrogens with zero attached hydrogens (tertiary/aromatic N) is 4. The molecule has 1 aliphatic heterocycles. The van der Waals surface area contributed by atoms with Crippen LogP contribution >= 0.6 is 11.3 Å². The molecule has 3 aromatic rings. The third kappa shape index (κ3) is 3.45. The van der Waals surface area contributed by atoms with Gasteiger partial charge in [-0.3, -0.25) is 19.0 Å². The van der Waals surface area contributed by atoms with E-state index in [4.69, 9.17) is 0 Å². The molecular formula is C21H24N4O2S. The van der Waals surface area contributed by atoms with Gasteiger partial charge in [-0.1, -0.05) is 6.07 Å². The number of fused-ring (bicyclic) bond motifs is 2. The summed E-state index contributed by atoms with van der Waals surface area (Å²) >= 11 is 1.49. The van der Waals surface area contributed by atoms with Crippen molar-refractivity contribution in [3.05, 3.63) is 62.5 Å². The minimum atomic E-state index is -0.00743. The Morgan fingerprint density at radius 1 is 1.00 bits per heavy atom. The first kappa shape index (κ1) is 17.8. The van der Waals surface area contributed by atoms with E-state index in [-0.39, 0.29) is 5.56 Å². The highest BCUT2D eigenvalue weighted by Gasteiger charge is 2.20. The fourth-order valence-electron chi connectivity index (χ4n) is 4.33. The van der Waals surface area contributed by atoms with E-state index in [0.717, 1.165) is 61.8 Å². The number of hydrogen-bond acceptors (Lipinski definition) is 6. The molecule has 1 saturated heterocycles. The zero-order valence-corrected chi connectivity index (χ0v) is 16.6. The number of hydrogen-bond donors (Lipinski definition) is 1. The molecule has 2 aliphatic rings. The molecule has 0 spiro atoms. The van der Waals surface area contributed by atoms with Gasteiger partial charge in [-0.25, -0.2) is 4.98 Å². The smallest absolute Gasteiger partial charge is 0.258 e. The first-order chi connectivity index (χ1) is 13.7. The van der Waals surface area contributed by atoms with Crippen LogP contribution in [0.5, 0.6) is 5.75 Å². The summed E-state index contributed by atoms with van der Waals surface area (Å²) in [6.45, 7) is 5.30. The highest BCUT2D eigenvalue weighted by atomic mass is 32.1. The maximum absolute atomic E-state index is 12.1. The normalized spacial score (nSPS) is 18.0. The zero-order valence-electron chi connectivity index (χ0n) is 15.8. The second kappa shape index (κ2) is 7.31. The summed E-state index contributed by atoms with van der Waals surface area (Å²) in [7, 11) is 0. The molecule has 7 heteroatoms. The Labute approximate surface area is 167 Å². The standard InChI is InChI=1S/C21H24N4O2S/c26-19-11-16-3-1-2-15(16)10-17(19)13-23-4-6-24(7-5-23)14-18-12-20(27)25-8-9-28-21(25)22-18/h8-12,26H,1-7,13-14H2. The second-order valence-corrected chi connectivity index (χ2v) is 8.67. The lowest BCUT2D eigenvalue weighted by Crippen LogP contribution is -2.45. The van der Waals surface area contributed by atoms with Crippen molar-refractivity contribution in [3.63, 3.8) is 0 Å². The van der Waals surface area contributed by atoms with Crippen LogP contribution in [0.15, 0.2) is 34.6 Å². The summed E-state index contributed by atoms with van der Waals surface area (Å²) < 4.78 is 1.59. The van der Waals surface area contributed by atoms with Gasteiger partial charge in [0.05, 0.1) is 5.69 Å². The van der Waals surface area contributed by atoms with Crippen LogP contribution in [0.25, 0.3) is 4.96 Å². The van der Waals surface area contributed by atoms with Gasteiger partial charge in [-0.05, 0) is 36.5 Å². The van der Waals surface area contributed by atoms with E-state index in [0.29, 0.717) is 12.3 Å². The van der Waals surface area contributed by atoms with Gasteiger partial charge in [0.1, 0.15) is 5.75 Å². The minimum Gasteiger partial charge on any atom is -0.508 e. The van der Waals surface area contributed by atoms with E-state index in [1.54, 1.807) is 16.7 Å². The number of phenolic OH excluding ortho intramolecular Hbond substituents is 1. The van der Waals surface area contributed by atoms with Crippen molar-refractivity contribution in [1.29, 1.82) is 0 Å². The van der Waals surface area contributed by atoms with Crippen molar-refractivity contribution in [2.24, 2.45) is 0 Å². The Kier molecular flexibility index (Phi) is 4.66. The molecule has 5 rings (SSSR count). The van der Waals surface area contributed by atoms with E-state index in [1.807, 2.05) is 11.4 Å². The molecule has 0 saturated carbocycles. The van der Waals surface area contributed by atoms with E-state index >= 15 is 0 Å². The molecule has 1 fully saturated rings. The molecule has 0 atom stereocenters. The van der Waals surface area contributed by atoms with Crippen LogP contribution in [0.4, 0.5) is 0 Å². The molecule has 3 heterocycles. The largest absolute Gasteiger partial charge is 0.508 e. The van der Waals surface area contributed by atoms with Gasteiger partial charge in [0.15, 0.2) is 4.96 Å². The molecule has 1 N–H and O–H groups in total. The molecule has 28 heavy (non-hydrogen) atoms.